The number of nitrogens with one attached hydrogen (secondary N) is 1. The average molecular weight is 428 g/mol. The highest BCUT2D eigenvalue weighted by molar-refractivity contribution is 8.00. The van der Waals surface area contributed by atoms with E-state index in [-0.39, 0.29) is 16.7 Å². The average Bonchev–Trinajstić information content (AvgIpc) is 3.13. The third kappa shape index (κ3) is 3.94. The molecule has 160 valence electrons. The van der Waals surface area contributed by atoms with Crippen molar-refractivity contribution in [3.63, 3.8) is 0 Å². The van der Waals surface area contributed by atoms with E-state index in [2.05, 4.69) is 20.8 Å². The lowest BCUT2D eigenvalue weighted by Gasteiger charge is -2.57. The molecule has 4 fully saturated rings. The third-order valence-corrected chi connectivity index (χ3v) is 8.14. The van der Waals surface area contributed by atoms with Crippen LogP contribution in [-0.4, -0.2) is 44.0 Å². The Morgan fingerprint density at radius 1 is 1.20 bits per heavy atom. The number of rotatable bonds is 7. The van der Waals surface area contributed by atoms with Crippen LogP contribution in [0.4, 0.5) is 0 Å². The number of methoxy groups -OCH3 is 1. The van der Waals surface area contributed by atoms with Crippen LogP contribution in [-0.2, 0) is 11.3 Å². The maximum atomic E-state index is 13.1. The molecular weight excluding hydrogens is 398 g/mol. The first kappa shape index (κ1) is 19.8. The largest absolute Gasteiger partial charge is 0.497 e. The fourth-order valence-electron chi connectivity index (χ4n) is 6.12. The molecule has 1 N–H and O–H groups in total. The van der Waals surface area contributed by atoms with E-state index in [1.165, 1.54) is 50.3 Å². The lowest BCUT2D eigenvalue weighted by Crippen LogP contribution is -2.60. The summed E-state index contributed by atoms with van der Waals surface area (Å²) in [6, 6.07) is 7.85. The second-order valence-corrected chi connectivity index (χ2v) is 10.7. The van der Waals surface area contributed by atoms with Crippen LogP contribution >= 0.6 is 11.8 Å². The smallest absolute Gasteiger partial charge is 0.233 e. The van der Waals surface area contributed by atoms with Crippen molar-refractivity contribution in [2.45, 2.75) is 67.9 Å². The van der Waals surface area contributed by atoms with Crippen molar-refractivity contribution in [1.29, 1.82) is 0 Å². The standard InChI is InChI=1S/C22H29N5O2S/c1-14(20(28)23-22-10-16-7-17(11-22)9-18(8-16)12-22)30-21-24-25-26-27(21)13-15-3-5-19(29-2)6-4-15/h3-6,14,16-18H,7-13H2,1-2H3,(H,23,28). The summed E-state index contributed by atoms with van der Waals surface area (Å²) in [4.78, 5) is 13.1. The molecule has 4 aliphatic rings. The summed E-state index contributed by atoms with van der Waals surface area (Å²) in [5, 5.41) is 16.0. The van der Waals surface area contributed by atoms with Crippen LogP contribution in [0.15, 0.2) is 29.4 Å². The molecule has 1 aromatic heterocycles. The third-order valence-electron chi connectivity index (χ3n) is 7.07. The monoisotopic (exact) mass is 427 g/mol. The van der Waals surface area contributed by atoms with E-state index in [0.717, 1.165) is 29.1 Å². The van der Waals surface area contributed by atoms with Gasteiger partial charge >= 0.3 is 0 Å². The maximum absolute atomic E-state index is 13.1. The molecule has 6 rings (SSSR count). The summed E-state index contributed by atoms with van der Waals surface area (Å²) in [6.45, 7) is 2.51. The molecule has 4 saturated carbocycles. The summed E-state index contributed by atoms with van der Waals surface area (Å²) in [5.74, 6) is 3.38. The van der Waals surface area contributed by atoms with Crippen LogP contribution < -0.4 is 10.1 Å². The van der Waals surface area contributed by atoms with Crippen molar-refractivity contribution >= 4 is 17.7 Å². The zero-order chi connectivity index (χ0) is 20.7. The molecule has 2 aromatic rings. The first-order valence-corrected chi connectivity index (χ1v) is 11.8. The molecule has 8 heteroatoms. The van der Waals surface area contributed by atoms with E-state index in [1.54, 1.807) is 11.8 Å². The van der Waals surface area contributed by atoms with Crippen LogP contribution in [0.2, 0.25) is 0 Å². The SMILES string of the molecule is COc1ccc(Cn2nnnc2SC(C)C(=O)NC23CC4CC(CC(C4)C2)C3)cc1. The molecule has 1 unspecified atom stereocenters. The predicted octanol–water partition coefficient (Wildman–Crippen LogP) is 3.30. The maximum Gasteiger partial charge on any atom is 0.233 e. The number of carbonyl (C=O) groups excluding carboxylic acids is 1. The lowest BCUT2D eigenvalue weighted by atomic mass is 9.53. The molecule has 0 spiro atoms. The summed E-state index contributed by atoms with van der Waals surface area (Å²) >= 11 is 1.43. The van der Waals surface area contributed by atoms with Crippen molar-refractivity contribution in [1.82, 2.24) is 25.5 Å². The van der Waals surface area contributed by atoms with E-state index in [4.69, 9.17) is 4.74 Å². The number of benzene rings is 1. The van der Waals surface area contributed by atoms with Crippen molar-refractivity contribution in [2.75, 3.05) is 7.11 Å². The van der Waals surface area contributed by atoms with Crippen LogP contribution in [0.25, 0.3) is 0 Å². The Morgan fingerprint density at radius 2 is 1.83 bits per heavy atom. The molecule has 1 heterocycles. The van der Waals surface area contributed by atoms with Crippen molar-refractivity contribution in [3.8, 4) is 5.75 Å². The van der Waals surface area contributed by atoms with E-state index in [9.17, 15) is 4.79 Å². The van der Waals surface area contributed by atoms with Gasteiger partial charge < -0.3 is 10.1 Å². The van der Waals surface area contributed by atoms with Gasteiger partial charge in [0.05, 0.1) is 18.9 Å². The summed E-state index contributed by atoms with van der Waals surface area (Å²) in [5.41, 5.74) is 1.12. The molecule has 1 amide bonds. The van der Waals surface area contributed by atoms with Crippen LogP contribution in [0.3, 0.4) is 0 Å². The van der Waals surface area contributed by atoms with Gasteiger partial charge in [0.2, 0.25) is 11.1 Å². The number of aromatic nitrogens is 4. The number of nitrogens with zero attached hydrogens (tertiary/aromatic N) is 4. The second kappa shape index (κ2) is 7.87. The van der Waals surface area contributed by atoms with Gasteiger partial charge in [0, 0.05) is 5.54 Å². The van der Waals surface area contributed by atoms with Gasteiger partial charge in [-0.2, -0.15) is 0 Å². The minimum Gasteiger partial charge on any atom is -0.497 e. The minimum absolute atomic E-state index is 0.0374. The molecule has 1 atom stereocenters. The number of thioether (sulfide) groups is 1. The molecule has 4 bridgehead atoms. The fourth-order valence-corrected chi connectivity index (χ4v) is 6.91. The van der Waals surface area contributed by atoms with Crippen molar-refractivity contribution < 1.29 is 9.53 Å². The molecule has 0 radical (unpaired) electrons. The van der Waals surface area contributed by atoms with Crippen molar-refractivity contribution in [3.05, 3.63) is 29.8 Å². The number of carbonyl (C=O) groups is 1. The topological polar surface area (TPSA) is 81.9 Å². The van der Waals surface area contributed by atoms with Crippen LogP contribution in [0.5, 0.6) is 5.75 Å². The first-order valence-electron chi connectivity index (χ1n) is 10.9. The summed E-state index contributed by atoms with van der Waals surface area (Å²) in [7, 11) is 1.65. The number of hydrogen-bond acceptors (Lipinski definition) is 6. The molecule has 0 aliphatic heterocycles. The quantitative estimate of drug-likeness (QED) is 0.683. The van der Waals surface area contributed by atoms with Crippen LogP contribution in [0, 0.1) is 17.8 Å². The first-order chi connectivity index (χ1) is 14.5. The van der Waals surface area contributed by atoms with Gasteiger partial charge in [-0.15, -0.1) is 5.10 Å². The Balaban J connectivity index is 1.22. The van der Waals surface area contributed by atoms with E-state index in [0.29, 0.717) is 11.7 Å². The number of ether oxygens (including phenoxy) is 1. The minimum atomic E-state index is -0.237. The Bertz CT molecular complexity index is 877. The Hall–Kier alpha value is -2.09. The Morgan fingerprint density at radius 3 is 2.43 bits per heavy atom. The van der Waals surface area contributed by atoms with Gasteiger partial charge in [0.1, 0.15) is 5.75 Å². The molecule has 0 saturated heterocycles. The summed E-state index contributed by atoms with van der Waals surface area (Å²) in [6.07, 6.45) is 7.62. The van der Waals surface area contributed by atoms with Gasteiger partial charge in [-0.3, -0.25) is 4.79 Å². The van der Waals surface area contributed by atoms with Crippen molar-refractivity contribution in [2.24, 2.45) is 17.8 Å². The van der Waals surface area contributed by atoms with Gasteiger partial charge in [-0.05, 0) is 91.3 Å². The highest BCUT2D eigenvalue weighted by atomic mass is 32.2. The molecular formula is C22H29N5O2S. The fraction of sp³-hybridized carbons (Fsp3) is 0.636. The van der Waals surface area contributed by atoms with E-state index < -0.39 is 0 Å². The predicted molar refractivity (Wildman–Crippen MR) is 114 cm³/mol. The molecule has 7 nitrogen and oxygen atoms in total. The van der Waals surface area contributed by atoms with Gasteiger partial charge in [-0.25, -0.2) is 4.68 Å². The van der Waals surface area contributed by atoms with Gasteiger partial charge in [-0.1, -0.05) is 23.9 Å². The highest BCUT2D eigenvalue weighted by Gasteiger charge is 2.51. The number of tetrazole rings is 1. The van der Waals surface area contributed by atoms with E-state index >= 15 is 0 Å². The van der Waals surface area contributed by atoms with Gasteiger partial charge in [0.15, 0.2) is 0 Å². The lowest BCUT2D eigenvalue weighted by molar-refractivity contribution is -0.126. The highest BCUT2D eigenvalue weighted by Crippen LogP contribution is 2.55. The normalized spacial score (nSPS) is 30.3. The zero-order valence-electron chi connectivity index (χ0n) is 17.6. The zero-order valence-corrected chi connectivity index (χ0v) is 18.4. The second-order valence-electron chi connectivity index (χ2n) is 9.41. The van der Waals surface area contributed by atoms with Gasteiger partial charge in [0.25, 0.3) is 0 Å². The molecule has 4 aliphatic carbocycles. The summed E-state index contributed by atoms with van der Waals surface area (Å²) < 4.78 is 6.96. The van der Waals surface area contributed by atoms with Crippen LogP contribution in [0.1, 0.15) is 51.0 Å². The number of hydrogen-bond donors (Lipinski definition) is 1. The van der Waals surface area contributed by atoms with E-state index in [1.807, 2.05) is 31.2 Å². The Kier molecular flexibility index (Phi) is 5.21. The number of amides is 1. The Labute approximate surface area is 181 Å². The molecule has 1 aromatic carbocycles. The molecule has 30 heavy (non-hydrogen) atoms.